The number of aliphatic imine (C=N–C) groups is 1. The Morgan fingerprint density at radius 1 is 1.29 bits per heavy atom. The molecule has 4 heterocycles. The van der Waals surface area contributed by atoms with Crippen LogP contribution in [0.1, 0.15) is 17.4 Å². The molecule has 0 aliphatic carbocycles. The van der Waals surface area contributed by atoms with Gasteiger partial charge in [-0.2, -0.15) is 0 Å². The number of carbonyl (C=O) groups excluding carboxylic acids is 2. The van der Waals surface area contributed by atoms with Gasteiger partial charge in [0.05, 0.1) is 19.8 Å². The average Bonchev–Trinajstić information content (AvgIpc) is 3.19. The molecule has 1 aromatic heterocycles. The number of likely N-dealkylation sites (N-methyl/N-ethyl adjacent to an activating group) is 1. The quantitative estimate of drug-likeness (QED) is 0.541. The van der Waals surface area contributed by atoms with Gasteiger partial charge in [-0.25, -0.2) is 13.9 Å². The number of morpholine rings is 1. The molecule has 0 radical (unpaired) electrons. The van der Waals surface area contributed by atoms with Crippen LogP contribution in [0.15, 0.2) is 17.6 Å². The fourth-order valence-electron chi connectivity index (χ4n) is 4.13. The highest BCUT2D eigenvalue weighted by atomic mass is 16.5. The van der Waals surface area contributed by atoms with E-state index in [9.17, 15) is 9.59 Å². The normalized spacial score (nSPS) is 22.4. The molecule has 1 unspecified atom stereocenters. The van der Waals surface area contributed by atoms with Gasteiger partial charge in [-0.05, 0) is 13.8 Å². The third-order valence-electron chi connectivity index (χ3n) is 5.88. The zero-order valence-corrected chi connectivity index (χ0v) is 16.7. The molecule has 9 nitrogen and oxygen atoms in total. The monoisotopic (exact) mass is 387 g/mol. The molecule has 3 aliphatic heterocycles. The highest BCUT2D eigenvalue weighted by Gasteiger charge is 2.53. The van der Waals surface area contributed by atoms with Crippen LogP contribution in [-0.4, -0.2) is 83.5 Å². The van der Waals surface area contributed by atoms with Gasteiger partial charge in [-0.1, -0.05) is 11.1 Å². The largest absolute Gasteiger partial charge is 0.402 e. The van der Waals surface area contributed by atoms with Crippen LogP contribution >= 0.6 is 0 Å². The lowest BCUT2D eigenvalue weighted by atomic mass is 10.1. The molecule has 28 heavy (non-hydrogen) atoms. The van der Waals surface area contributed by atoms with Crippen LogP contribution in [0.2, 0.25) is 0 Å². The number of imide groups is 1. The van der Waals surface area contributed by atoms with E-state index in [1.807, 2.05) is 11.5 Å². The fraction of sp³-hybridized carbons (Fsp3) is 0.579. The Labute approximate surface area is 164 Å². The molecule has 3 amide bonds. The second-order valence-corrected chi connectivity index (χ2v) is 7.40. The molecule has 0 N–H and O–H groups in total. The summed E-state index contributed by atoms with van der Waals surface area (Å²) in [6, 6.07) is -0.958. The molecular formula is C19H27N6O3+. The molecule has 3 aliphatic rings. The maximum atomic E-state index is 13.1. The van der Waals surface area contributed by atoms with Crippen molar-refractivity contribution in [1.82, 2.24) is 19.3 Å². The van der Waals surface area contributed by atoms with E-state index < -0.39 is 6.04 Å². The molecule has 150 valence electrons. The minimum Gasteiger partial charge on any atom is -0.379 e. The summed E-state index contributed by atoms with van der Waals surface area (Å²) in [4.78, 5) is 35.5. The molecule has 2 saturated heterocycles. The number of amides is 3. The van der Waals surface area contributed by atoms with Crippen LogP contribution in [0.4, 0.5) is 10.7 Å². The Balaban J connectivity index is 1.68. The molecule has 0 bridgehead atoms. The second-order valence-electron chi connectivity index (χ2n) is 7.40. The number of rotatable bonds is 5. The predicted octanol–water partition coefficient (Wildman–Crippen LogP) is 0.389. The lowest BCUT2D eigenvalue weighted by molar-refractivity contribution is -0.688. The van der Waals surface area contributed by atoms with Gasteiger partial charge in [0.15, 0.2) is 0 Å². The SMILES string of the molecule is C=CCN1C(=O)C2C(=Nc3n2c(C)c(C)[n+]3CCN2CCOCC2)N(C)C1=O. The number of urea groups is 1. The van der Waals surface area contributed by atoms with Gasteiger partial charge in [0.2, 0.25) is 11.9 Å². The first-order chi connectivity index (χ1) is 13.5. The Hall–Kier alpha value is -2.52. The first-order valence-corrected chi connectivity index (χ1v) is 9.65. The number of ether oxygens (including phenoxy) is 1. The van der Waals surface area contributed by atoms with Crippen molar-refractivity contribution in [3.05, 3.63) is 24.0 Å². The summed E-state index contributed by atoms with van der Waals surface area (Å²) in [5.74, 6) is 0.976. The van der Waals surface area contributed by atoms with Crippen molar-refractivity contribution in [3.63, 3.8) is 0 Å². The van der Waals surface area contributed by atoms with Crippen LogP contribution < -0.4 is 4.57 Å². The lowest BCUT2D eigenvalue weighted by Gasteiger charge is -2.32. The highest BCUT2D eigenvalue weighted by Crippen LogP contribution is 2.35. The van der Waals surface area contributed by atoms with Gasteiger partial charge in [-0.15, -0.1) is 6.58 Å². The smallest absolute Gasteiger partial charge is 0.379 e. The molecule has 4 rings (SSSR count). The molecular weight excluding hydrogens is 360 g/mol. The van der Waals surface area contributed by atoms with E-state index in [2.05, 4.69) is 23.0 Å². The van der Waals surface area contributed by atoms with Crippen molar-refractivity contribution in [1.29, 1.82) is 0 Å². The van der Waals surface area contributed by atoms with Crippen LogP contribution in [0.5, 0.6) is 0 Å². The van der Waals surface area contributed by atoms with Crippen molar-refractivity contribution in [2.75, 3.05) is 46.4 Å². The van der Waals surface area contributed by atoms with E-state index in [1.165, 1.54) is 9.80 Å². The predicted molar refractivity (Wildman–Crippen MR) is 103 cm³/mol. The van der Waals surface area contributed by atoms with Crippen LogP contribution in [0.3, 0.4) is 0 Å². The van der Waals surface area contributed by atoms with Gasteiger partial charge in [-0.3, -0.25) is 19.5 Å². The third-order valence-corrected chi connectivity index (χ3v) is 5.88. The van der Waals surface area contributed by atoms with Gasteiger partial charge in [0, 0.05) is 33.2 Å². The maximum absolute atomic E-state index is 13.1. The summed E-state index contributed by atoms with van der Waals surface area (Å²) in [5, 5.41) is 0. The highest BCUT2D eigenvalue weighted by molar-refractivity contribution is 6.20. The minimum atomic E-state index is -0.596. The molecule has 2 fully saturated rings. The number of fused-ring (bicyclic) bond motifs is 3. The summed E-state index contributed by atoms with van der Waals surface area (Å²) in [7, 11) is 1.67. The number of hydrogen-bond acceptors (Lipinski definition) is 5. The van der Waals surface area contributed by atoms with Gasteiger partial charge >= 0.3 is 12.0 Å². The molecule has 0 saturated carbocycles. The summed E-state index contributed by atoms with van der Waals surface area (Å²) < 4.78 is 9.54. The Morgan fingerprint density at radius 2 is 2.00 bits per heavy atom. The average molecular weight is 387 g/mol. The van der Waals surface area contributed by atoms with Crippen molar-refractivity contribution < 1.29 is 18.9 Å². The Kier molecular flexibility index (Phi) is 4.80. The zero-order valence-electron chi connectivity index (χ0n) is 16.7. The van der Waals surface area contributed by atoms with E-state index in [0.29, 0.717) is 5.84 Å². The summed E-state index contributed by atoms with van der Waals surface area (Å²) in [6.07, 6.45) is 1.57. The standard InChI is InChI=1S/C19H27N6O3/c1-5-6-24-17(26)15-16(21(4)19(24)27)20-18-23(13(2)14(3)25(15)18)8-7-22-9-11-28-12-10-22/h5,15H,1,6-12H2,2-4H3/q+1. The number of amidine groups is 1. The van der Waals surface area contributed by atoms with E-state index in [4.69, 9.17) is 9.73 Å². The van der Waals surface area contributed by atoms with E-state index in [1.54, 1.807) is 13.1 Å². The van der Waals surface area contributed by atoms with Crippen LogP contribution in [0.25, 0.3) is 0 Å². The second kappa shape index (κ2) is 7.14. The first kappa shape index (κ1) is 18.8. The summed E-state index contributed by atoms with van der Waals surface area (Å²) >= 11 is 0. The number of nitrogens with zero attached hydrogens (tertiary/aromatic N) is 6. The molecule has 9 heteroatoms. The van der Waals surface area contributed by atoms with Crippen LogP contribution in [0, 0.1) is 13.8 Å². The number of aromatic nitrogens is 2. The fourth-order valence-corrected chi connectivity index (χ4v) is 4.13. The molecule has 0 spiro atoms. The van der Waals surface area contributed by atoms with E-state index in [-0.39, 0.29) is 18.5 Å². The third kappa shape index (κ3) is 2.77. The molecule has 0 aromatic carbocycles. The number of carbonyl (C=O) groups is 2. The molecule has 1 atom stereocenters. The minimum absolute atomic E-state index is 0.192. The van der Waals surface area contributed by atoms with Crippen LogP contribution in [-0.2, 0) is 16.1 Å². The topological polar surface area (TPSA) is 74.3 Å². The van der Waals surface area contributed by atoms with Gasteiger partial charge < -0.3 is 4.74 Å². The zero-order chi connectivity index (χ0) is 20.0. The van der Waals surface area contributed by atoms with E-state index in [0.717, 1.165) is 56.7 Å². The molecule has 1 aromatic rings. The lowest BCUT2D eigenvalue weighted by Crippen LogP contribution is -2.57. The van der Waals surface area contributed by atoms with E-state index >= 15 is 0 Å². The number of hydrogen-bond donors (Lipinski definition) is 0. The summed E-state index contributed by atoms with van der Waals surface area (Å²) in [6.45, 7) is 13.0. The van der Waals surface area contributed by atoms with Crippen molar-refractivity contribution in [2.24, 2.45) is 4.99 Å². The van der Waals surface area contributed by atoms with Crippen molar-refractivity contribution in [3.8, 4) is 0 Å². The van der Waals surface area contributed by atoms with Crippen molar-refractivity contribution >= 4 is 23.7 Å². The number of imidazole rings is 1. The Morgan fingerprint density at radius 3 is 2.68 bits per heavy atom. The van der Waals surface area contributed by atoms with Gasteiger partial charge in [0.25, 0.3) is 5.91 Å². The maximum Gasteiger partial charge on any atom is 0.402 e. The van der Waals surface area contributed by atoms with Crippen molar-refractivity contribution in [2.45, 2.75) is 26.4 Å². The summed E-state index contributed by atoms with van der Waals surface area (Å²) in [5.41, 5.74) is 2.09. The Bertz CT molecular complexity index is 868. The van der Waals surface area contributed by atoms with Gasteiger partial charge in [0.1, 0.15) is 11.4 Å². The first-order valence-electron chi connectivity index (χ1n) is 9.65.